The van der Waals surface area contributed by atoms with E-state index in [1.807, 2.05) is 0 Å². The van der Waals surface area contributed by atoms with Gasteiger partial charge in [-0.25, -0.2) is 9.78 Å². The minimum atomic E-state index is -1.18. The zero-order chi connectivity index (χ0) is 19.6. The lowest BCUT2D eigenvalue weighted by Gasteiger charge is -2.48. The predicted molar refractivity (Wildman–Crippen MR) is 100.0 cm³/mol. The molecular formula is C15H15N5O5S2. The summed E-state index contributed by atoms with van der Waals surface area (Å²) in [6, 6.07) is -0.869. The van der Waals surface area contributed by atoms with Crippen LogP contribution in [0.5, 0.6) is 0 Å². The Balaban J connectivity index is 1.76. The Morgan fingerprint density at radius 1 is 1.59 bits per heavy atom. The van der Waals surface area contributed by atoms with Crippen molar-refractivity contribution in [2.24, 2.45) is 5.16 Å². The van der Waals surface area contributed by atoms with Crippen molar-refractivity contribution >= 4 is 51.7 Å². The van der Waals surface area contributed by atoms with Gasteiger partial charge in [-0.15, -0.1) is 23.1 Å². The van der Waals surface area contributed by atoms with E-state index in [-0.39, 0.29) is 28.8 Å². The van der Waals surface area contributed by atoms with Gasteiger partial charge >= 0.3 is 5.97 Å². The second-order valence-corrected chi connectivity index (χ2v) is 7.41. The van der Waals surface area contributed by atoms with Crippen LogP contribution in [0.4, 0.5) is 5.13 Å². The van der Waals surface area contributed by atoms with Gasteiger partial charge in [0.25, 0.3) is 11.8 Å². The molecule has 27 heavy (non-hydrogen) atoms. The smallest absolute Gasteiger partial charge is 0.352 e. The lowest BCUT2D eigenvalue weighted by Crippen LogP contribution is -2.70. The molecular weight excluding hydrogens is 394 g/mol. The van der Waals surface area contributed by atoms with Crippen molar-refractivity contribution in [3.05, 3.63) is 35.5 Å². The molecule has 2 aliphatic heterocycles. The number of hydrogen-bond acceptors (Lipinski definition) is 9. The maximum absolute atomic E-state index is 12.7. The molecule has 2 atom stereocenters. The quantitative estimate of drug-likeness (QED) is 0.187. The number of oxime groups is 1. The number of amides is 2. The molecule has 0 aliphatic carbocycles. The molecule has 0 saturated carbocycles. The van der Waals surface area contributed by atoms with E-state index >= 15 is 0 Å². The summed E-state index contributed by atoms with van der Waals surface area (Å²) in [4.78, 5) is 46.4. The molecule has 1 aromatic heterocycles. The maximum Gasteiger partial charge on any atom is 0.352 e. The van der Waals surface area contributed by atoms with E-state index in [0.717, 1.165) is 16.2 Å². The van der Waals surface area contributed by atoms with Crippen molar-refractivity contribution < 1.29 is 24.3 Å². The van der Waals surface area contributed by atoms with Crippen LogP contribution in [0, 0.1) is 0 Å². The van der Waals surface area contributed by atoms with Gasteiger partial charge in [-0.05, 0) is 6.08 Å². The first-order chi connectivity index (χ1) is 12.9. The van der Waals surface area contributed by atoms with Crippen LogP contribution in [0.2, 0.25) is 0 Å². The second kappa shape index (κ2) is 7.80. The number of carbonyl (C=O) groups excluding carboxylic acids is 2. The molecule has 2 amide bonds. The number of carboxylic acids is 1. The van der Waals surface area contributed by atoms with Crippen LogP contribution in [0.25, 0.3) is 0 Å². The van der Waals surface area contributed by atoms with Crippen LogP contribution in [0.15, 0.2) is 35.0 Å². The number of aromatic nitrogens is 1. The summed E-state index contributed by atoms with van der Waals surface area (Å²) >= 11 is 2.48. The number of anilines is 1. The van der Waals surface area contributed by atoms with Crippen LogP contribution < -0.4 is 11.1 Å². The summed E-state index contributed by atoms with van der Waals surface area (Å²) in [5.41, 5.74) is 5.60. The Hall–Kier alpha value is -2.86. The number of hydrogen-bond donors (Lipinski definition) is 3. The number of nitrogens with one attached hydrogen (secondary N) is 1. The number of carboxylic acid groups (broad SMARTS) is 1. The van der Waals surface area contributed by atoms with Crippen molar-refractivity contribution in [3.8, 4) is 0 Å². The molecule has 12 heteroatoms. The normalized spacial score (nSPS) is 21.6. The topological polar surface area (TPSA) is 147 Å². The number of aliphatic carboxylic acids is 1. The van der Waals surface area contributed by atoms with Crippen LogP contribution in [0.3, 0.4) is 0 Å². The number of fused-ring (bicyclic) bond motifs is 1. The molecule has 10 nitrogen and oxygen atoms in total. The fourth-order valence-corrected chi connectivity index (χ4v) is 4.25. The molecule has 2 aliphatic rings. The Morgan fingerprint density at radius 3 is 3.00 bits per heavy atom. The van der Waals surface area contributed by atoms with Crippen molar-refractivity contribution in [3.63, 3.8) is 0 Å². The Kier molecular flexibility index (Phi) is 5.46. The van der Waals surface area contributed by atoms with Crippen molar-refractivity contribution in [2.75, 3.05) is 18.1 Å². The molecule has 0 bridgehead atoms. The van der Waals surface area contributed by atoms with E-state index in [4.69, 9.17) is 10.6 Å². The third-order valence-corrected chi connectivity index (χ3v) is 5.54. The number of carbonyl (C=O) groups is 3. The number of β-lactam (4-membered cyclic amide) rings is 1. The van der Waals surface area contributed by atoms with E-state index in [9.17, 15) is 19.5 Å². The van der Waals surface area contributed by atoms with Crippen molar-refractivity contribution in [1.29, 1.82) is 0 Å². The first-order valence-corrected chi connectivity index (χ1v) is 9.58. The summed E-state index contributed by atoms with van der Waals surface area (Å²) in [6.45, 7) is 3.57. The van der Waals surface area contributed by atoms with Gasteiger partial charge < -0.3 is 21.0 Å². The fraction of sp³-hybridized carbons (Fsp3) is 0.267. The van der Waals surface area contributed by atoms with Gasteiger partial charge in [0.2, 0.25) is 0 Å². The van der Waals surface area contributed by atoms with E-state index < -0.39 is 29.2 Å². The summed E-state index contributed by atoms with van der Waals surface area (Å²) in [5, 5.41) is 16.8. The van der Waals surface area contributed by atoms with Gasteiger partial charge in [-0.2, -0.15) is 0 Å². The molecule has 3 heterocycles. The van der Waals surface area contributed by atoms with Gasteiger partial charge in [0.15, 0.2) is 10.8 Å². The van der Waals surface area contributed by atoms with Gasteiger partial charge in [0.05, 0.1) is 0 Å². The Bertz CT molecular complexity index is 865. The minimum absolute atomic E-state index is 0.0790. The Morgan fingerprint density at radius 2 is 2.37 bits per heavy atom. The molecule has 0 radical (unpaired) electrons. The molecule has 142 valence electrons. The molecule has 0 aromatic carbocycles. The number of nitrogens with two attached hydrogens (primary N) is 1. The van der Waals surface area contributed by atoms with Crippen LogP contribution in [-0.2, 0) is 19.2 Å². The molecule has 4 N–H and O–H groups in total. The first-order valence-electron chi connectivity index (χ1n) is 7.65. The standard InChI is InChI=1S/C15H15N5O5S2/c1-2-4-25-19-9(7-6-27-15(16)17-7)11(21)18-10-12(22)20-8(14(23)24)3-5-26-13(10)20/h2-3,6,10,13H,1,4-5H2,(H2,16,17)(H,18,21)(H,23,24)/b19-9+/t10?,13-/m1/s1. The van der Waals surface area contributed by atoms with Crippen LogP contribution in [-0.4, -0.2) is 62.3 Å². The lowest BCUT2D eigenvalue weighted by atomic mass is 10.0. The Labute approximate surface area is 161 Å². The van der Waals surface area contributed by atoms with Gasteiger partial charge in [-0.3, -0.25) is 14.5 Å². The monoisotopic (exact) mass is 409 g/mol. The minimum Gasteiger partial charge on any atom is -0.477 e. The largest absolute Gasteiger partial charge is 0.477 e. The maximum atomic E-state index is 12.7. The van der Waals surface area contributed by atoms with E-state index in [0.29, 0.717) is 5.75 Å². The predicted octanol–water partition coefficient (Wildman–Crippen LogP) is 0.000400. The molecule has 1 unspecified atom stereocenters. The fourth-order valence-electron chi connectivity index (χ4n) is 2.50. The number of nitrogen functional groups attached to an aromatic ring is 1. The number of nitrogens with zero attached hydrogens (tertiary/aromatic N) is 3. The number of thioether (sulfide) groups is 1. The van der Waals surface area contributed by atoms with Gasteiger partial charge in [-0.1, -0.05) is 17.8 Å². The van der Waals surface area contributed by atoms with Crippen LogP contribution in [0.1, 0.15) is 5.69 Å². The highest BCUT2D eigenvalue weighted by molar-refractivity contribution is 8.00. The highest BCUT2D eigenvalue weighted by Crippen LogP contribution is 2.37. The average molecular weight is 409 g/mol. The third-order valence-electron chi connectivity index (χ3n) is 3.68. The summed E-state index contributed by atoms with van der Waals surface area (Å²) in [6.07, 6.45) is 2.92. The number of rotatable bonds is 7. The van der Waals surface area contributed by atoms with Gasteiger partial charge in [0, 0.05) is 11.1 Å². The van der Waals surface area contributed by atoms with E-state index in [1.165, 1.54) is 23.9 Å². The van der Waals surface area contributed by atoms with Gasteiger partial charge in [0.1, 0.15) is 29.4 Å². The lowest BCUT2D eigenvalue weighted by molar-refractivity contribution is -0.150. The SMILES string of the molecule is C=CCO/N=C(/C(=O)NC1C(=O)N2C(C(=O)O)=CCS[C@H]12)c1csc(N)n1. The summed E-state index contributed by atoms with van der Waals surface area (Å²) in [7, 11) is 0. The first kappa shape index (κ1) is 18.9. The van der Waals surface area contributed by atoms with E-state index in [1.54, 1.807) is 5.38 Å². The van der Waals surface area contributed by atoms with Crippen LogP contribution >= 0.6 is 23.1 Å². The highest BCUT2D eigenvalue weighted by Gasteiger charge is 2.53. The highest BCUT2D eigenvalue weighted by atomic mass is 32.2. The summed E-state index contributed by atoms with van der Waals surface area (Å²) < 4.78 is 0. The number of thiazole rings is 1. The zero-order valence-corrected chi connectivity index (χ0v) is 15.5. The molecule has 1 fully saturated rings. The zero-order valence-electron chi connectivity index (χ0n) is 13.8. The third kappa shape index (κ3) is 3.66. The average Bonchev–Trinajstić information content (AvgIpc) is 3.08. The molecule has 1 saturated heterocycles. The molecule has 3 rings (SSSR count). The molecule has 0 spiro atoms. The molecule has 1 aromatic rings. The second-order valence-electron chi connectivity index (χ2n) is 5.37. The van der Waals surface area contributed by atoms with Crippen molar-refractivity contribution in [1.82, 2.24) is 15.2 Å². The summed E-state index contributed by atoms with van der Waals surface area (Å²) in [5.74, 6) is -1.93. The van der Waals surface area contributed by atoms with E-state index in [2.05, 4.69) is 22.0 Å². The van der Waals surface area contributed by atoms with Crippen molar-refractivity contribution in [2.45, 2.75) is 11.4 Å².